The number of aromatic amines is 1. The molecule has 3 aromatic heterocycles. The van der Waals surface area contributed by atoms with Crippen molar-refractivity contribution in [2.45, 2.75) is 50.1 Å². The molecule has 3 heterocycles. The second-order valence-electron chi connectivity index (χ2n) is 8.60. The van der Waals surface area contributed by atoms with Crippen LogP contribution in [0.3, 0.4) is 0 Å². The molecule has 5 rings (SSSR count). The van der Waals surface area contributed by atoms with Crippen LogP contribution in [0.4, 0.5) is 0 Å². The Labute approximate surface area is 192 Å². The van der Waals surface area contributed by atoms with Gasteiger partial charge < -0.3 is 14.3 Å². The second-order valence-corrected chi connectivity index (χ2v) is 9.45. The van der Waals surface area contributed by atoms with Crippen molar-refractivity contribution in [1.29, 1.82) is 0 Å². The lowest BCUT2D eigenvalue weighted by atomic mass is 9.88. The maximum atomic E-state index is 13.3. The SMILES string of the molecule is CCN(C(=O)c1cc2ncccc2[nH]1)[C@H]1CCCC(S)(NCc2cc3ccccc3o2)C1. The Morgan fingerprint density at radius 3 is 3.00 bits per heavy atom. The minimum absolute atomic E-state index is 0.0189. The van der Waals surface area contributed by atoms with Gasteiger partial charge in [0.15, 0.2) is 0 Å². The van der Waals surface area contributed by atoms with Crippen LogP contribution in [0.25, 0.3) is 22.0 Å². The number of hydrogen-bond donors (Lipinski definition) is 3. The van der Waals surface area contributed by atoms with Crippen LogP contribution >= 0.6 is 12.6 Å². The summed E-state index contributed by atoms with van der Waals surface area (Å²) < 4.78 is 5.95. The summed E-state index contributed by atoms with van der Waals surface area (Å²) in [5.74, 6) is 0.918. The van der Waals surface area contributed by atoms with Crippen molar-refractivity contribution in [3.8, 4) is 0 Å². The highest BCUT2D eigenvalue weighted by molar-refractivity contribution is 7.81. The van der Waals surface area contributed by atoms with Crippen LogP contribution in [0.1, 0.15) is 48.9 Å². The van der Waals surface area contributed by atoms with Gasteiger partial charge in [-0.3, -0.25) is 15.1 Å². The molecule has 0 spiro atoms. The van der Waals surface area contributed by atoms with Gasteiger partial charge in [-0.15, -0.1) is 0 Å². The molecule has 1 unspecified atom stereocenters. The lowest BCUT2D eigenvalue weighted by molar-refractivity contribution is 0.0611. The smallest absolute Gasteiger partial charge is 0.270 e. The lowest BCUT2D eigenvalue weighted by Crippen LogP contribution is -2.51. The average molecular weight is 449 g/mol. The van der Waals surface area contributed by atoms with Crippen LogP contribution in [0.5, 0.6) is 0 Å². The van der Waals surface area contributed by atoms with Gasteiger partial charge in [0.1, 0.15) is 17.0 Å². The zero-order chi connectivity index (χ0) is 22.1. The van der Waals surface area contributed by atoms with Crippen LogP contribution in [0, 0.1) is 0 Å². The zero-order valence-electron chi connectivity index (χ0n) is 18.2. The normalized spacial score (nSPS) is 21.2. The predicted molar refractivity (Wildman–Crippen MR) is 130 cm³/mol. The molecule has 2 N–H and O–H groups in total. The average Bonchev–Trinajstić information content (AvgIpc) is 3.42. The topological polar surface area (TPSA) is 74.2 Å². The molecule has 0 aliphatic heterocycles. The first-order valence-electron chi connectivity index (χ1n) is 11.2. The molecule has 4 aromatic rings. The molecule has 2 atom stereocenters. The molecule has 6 nitrogen and oxygen atoms in total. The van der Waals surface area contributed by atoms with Crippen molar-refractivity contribution in [3.05, 3.63) is 66.2 Å². The van der Waals surface area contributed by atoms with Crippen molar-refractivity contribution in [1.82, 2.24) is 20.2 Å². The second kappa shape index (κ2) is 8.64. The number of H-pyrrole nitrogens is 1. The standard InChI is InChI=1S/C25H28N4O2S/c1-2-29(24(30)22-14-21-20(28-22)9-6-12-26-21)18-8-5-11-25(32,15-18)27-16-19-13-17-7-3-4-10-23(17)31-19/h3-4,6-7,9-10,12-14,18,27-28,32H,2,5,8,11,15-16H2,1H3/t18-,25?/m0/s1. The molecule has 0 saturated heterocycles. The van der Waals surface area contributed by atoms with Gasteiger partial charge in [-0.1, -0.05) is 18.2 Å². The highest BCUT2D eigenvalue weighted by atomic mass is 32.1. The van der Waals surface area contributed by atoms with E-state index in [0.717, 1.165) is 53.4 Å². The summed E-state index contributed by atoms with van der Waals surface area (Å²) in [6.45, 7) is 3.30. The van der Waals surface area contributed by atoms with Crippen molar-refractivity contribution in [3.63, 3.8) is 0 Å². The Hall–Kier alpha value is -2.77. The van der Waals surface area contributed by atoms with E-state index in [4.69, 9.17) is 17.0 Å². The Bertz CT molecular complexity index is 1180. The minimum Gasteiger partial charge on any atom is -0.460 e. The third-order valence-electron chi connectivity index (χ3n) is 6.43. The van der Waals surface area contributed by atoms with E-state index in [1.165, 1.54) is 0 Å². The molecular formula is C25H28N4O2S. The van der Waals surface area contributed by atoms with Crippen LogP contribution in [-0.2, 0) is 6.54 Å². The van der Waals surface area contributed by atoms with Gasteiger partial charge in [0.25, 0.3) is 5.91 Å². The van der Waals surface area contributed by atoms with Crippen LogP contribution in [0.15, 0.2) is 59.1 Å². The Morgan fingerprint density at radius 2 is 2.19 bits per heavy atom. The molecule has 0 radical (unpaired) electrons. The van der Waals surface area contributed by atoms with Crippen LogP contribution in [0.2, 0.25) is 0 Å². The summed E-state index contributed by atoms with van der Waals surface area (Å²) in [4.78, 5) is 22.5. The number of para-hydroxylation sites is 1. The fourth-order valence-electron chi connectivity index (χ4n) is 4.82. The highest BCUT2D eigenvalue weighted by Crippen LogP contribution is 2.35. The van der Waals surface area contributed by atoms with Gasteiger partial charge in [-0.2, -0.15) is 12.6 Å². The molecule has 32 heavy (non-hydrogen) atoms. The maximum Gasteiger partial charge on any atom is 0.270 e. The van der Waals surface area contributed by atoms with E-state index in [2.05, 4.69) is 27.4 Å². The summed E-state index contributed by atoms with van der Waals surface area (Å²) in [6.07, 6.45) is 5.47. The fourth-order valence-corrected chi connectivity index (χ4v) is 5.27. The van der Waals surface area contributed by atoms with Crippen molar-refractivity contribution in [2.24, 2.45) is 0 Å². The van der Waals surface area contributed by atoms with Gasteiger partial charge in [-0.05, 0) is 62.9 Å². The number of thiol groups is 1. The molecule has 1 aliphatic carbocycles. The Kier molecular flexibility index (Phi) is 5.69. The van der Waals surface area contributed by atoms with Gasteiger partial charge >= 0.3 is 0 Å². The number of nitrogens with one attached hydrogen (secondary N) is 2. The monoisotopic (exact) mass is 448 g/mol. The van der Waals surface area contributed by atoms with E-state index in [-0.39, 0.29) is 16.8 Å². The van der Waals surface area contributed by atoms with E-state index in [0.29, 0.717) is 18.8 Å². The molecule has 166 valence electrons. The number of carbonyl (C=O) groups excluding carboxylic acids is 1. The number of fused-ring (bicyclic) bond motifs is 2. The largest absolute Gasteiger partial charge is 0.460 e. The van der Waals surface area contributed by atoms with E-state index in [9.17, 15) is 4.79 Å². The number of pyridine rings is 1. The number of aromatic nitrogens is 2. The number of furan rings is 1. The van der Waals surface area contributed by atoms with Gasteiger partial charge in [0, 0.05) is 24.2 Å². The molecule has 1 amide bonds. The molecule has 7 heteroatoms. The Morgan fingerprint density at radius 1 is 1.31 bits per heavy atom. The van der Waals surface area contributed by atoms with Crippen LogP contribution in [-0.4, -0.2) is 38.2 Å². The maximum absolute atomic E-state index is 13.3. The molecule has 1 aliphatic rings. The number of carbonyl (C=O) groups is 1. The third kappa shape index (κ3) is 4.14. The number of benzene rings is 1. The predicted octanol–water partition coefficient (Wildman–Crippen LogP) is 5.13. The number of nitrogens with zero attached hydrogens (tertiary/aromatic N) is 2. The van der Waals surface area contributed by atoms with Gasteiger partial charge in [0.05, 0.1) is 22.4 Å². The highest BCUT2D eigenvalue weighted by Gasteiger charge is 2.37. The molecule has 1 fully saturated rings. The molecule has 1 aromatic carbocycles. The number of rotatable bonds is 6. The molecular weight excluding hydrogens is 420 g/mol. The minimum atomic E-state index is -0.350. The first-order chi connectivity index (χ1) is 15.5. The third-order valence-corrected chi connectivity index (χ3v) is 7.00. The lowest BCUT2D eigenvalue weighted by Gasteiger charge is -2.42. The van der Waals surface area contributed by atoms with E-state index >= 15 is 0 Å². The summed E-state index contributed by atoms with van der Waals surface area (Å²) in [7, 11) is 0. The van der Waals surface area contributed by atoms with E-state index in [1.54, 1.807) is 6.20 Å². The van der Waals surface area contributed by atoms with E-state index < -0.39 is 0 Å². The molecule has 1 saturated carbocycles. The van der Waals surface area contributed by atoms with Crippen molar-refractivity contribution < 1.29 is 9.21 Å². The first kappa shape index (κ1) is 21.1. The zero-order valence-corrected chi connectivity index (χ0v) is 19.1. The summed E-state index contributed by atoms with van der Waals surface area (Å²) in [6, 6.07) is 15.9. The quantitative estimate of drug-likeness (QED) is 0.282. The fraction of sp³-hybridized carbons (Fsp3) is 0.360. The summed E-state index contributed by atoms with van der Waals surface area (Å²) in [5, 5.41) is 4.71. The van der Waals surface area contributed by atoms with E-state index in [1.807, 2.05) is 48.2 Å². The number of hydrogen-bond acceptors (Lipinski definition) is 5. The van der Waals surface area contributed by atoms with Gasteiger partial charge in [0.2, 0.25) is 0 Å². The van der Waals surface area contributed by atoms with Crippen molar-refractivity contribution in [2.75, 3.05) is 6.54 Å². The summed E-state index contributed by atoms with van der Waals surface area (Å²) in [5.41, 5.74) is 3.18. The first-order valence-corrected chi connectivity index (χ1v) is 11.7. The van der Waals surface area contributed by atoms with Crippen molar-refractivity contribution >= 4 is 40.5 Å². The van der Waals surface area contributed by atoms with Gasteiger partial charge in [-0.25, -0.2) is 0 Å². The van der Waals surface area contributed by atoms with Crippen LogP contribution < -0.4 is 5.32 Å². The molecule has 0 bridgehead atoms. The Balaban J connectivity index is 1.29. The summed E-state index contributed by atoms with van der Waals surface area (Å²) >= 11 is 5.02. The number of amides is 1.